The Morgan fingerprint density at radius 2 is 1.51 bits per heavy atom. The van der Waals surface area contributed by atoms with Gasteiger partial charge in [0.1, 0.15) is 13.2 Å². The topological polar surface area (TPSA) is 89.6 Å². The molecule has 2 amide bonds. The molecule has 7 aliphatic rings. The van der Waals surface area contributed by atoms with Gasteiger partial charge in [-0.2, -0.15) is 0 Å². The van der Waals surface area contributed by atoms with Crippen LogP contribution in [0.5, 0.6) is 0 Å². The van der Waals surface area contributed by atoms with Crippen LogP contribution >= 0.6 is 0 Å². The van der Waals surface area contributed by atoms with Gasteiger partial charge in [-0.05, 0) is 37.0 Å². The fourth-order valence-corrected chi connectivity index (χ4v) is 7.95. The van der Waals surface area contributed by atoms with Crippen molar-refractivity contribution >= 4 is 12.2 Å². The lowest BCUT2D eigenvalue weighted by Gasteiger charge is -2.51. The molecule has 1 aliphatic carbocycles. The Hall–Kier alpha value is -1.62. The fraction of sp³-hybridized carbons (Fsp3) is 0.926. The molecule has 6 saturated heterocycles. The summed E-state index contributed by atoms with van der Waals surface area (Å²) < 4.78 is 11.3. The van der Waals surface area contributed by atoms with Gasteiger partial charge >= 0.3 is 12.2 Å². The Balaban J connectivity index is 1.06. The molecule has 0 aromatic heterocycles. The first kappa shape index (κ1) is 27.0. The molecule has 0 aromatic carbocycles. The Morgan fingerprint density at radius 3 is 2.19 bits per heavy atom. The van der Waals surface area contributed by atoms with Crippen LogP contribution in [-0.2, 0) is 9.47 Å². The summed E-state index contributed by atoms with van der Waals surface area (Å²) in [5, 5.41) is 6.18. The summed E-state index contributed by atoms with van der Waals surface area (Å²) in [6, 6.07) is 1.13. The largest absolute Gasteiger partial charge is 0.448 e. The lowest BCUT2D eigenvalue weighted by atomic mass is 9.62. The van der Waals surface area contributed by atoms with E-state index < -0.39 is 0 Å². The number of carbonyl (C=O) groups excluding carboxylic acids is 2. The van der Waals surface area contributed by atoms with Gasteiger partial charge in [0, 0.05) is 77.5 Å². The van der Waals surface area contributed by atoms with Crippen molar-refractivity contribution in [2.75, 3.05) is 78.7 Å². The highest BCUT2D eigenvalue weighted by atomic mass is 16.6. The molecule has 0 radical (unpaired) electrons. The quantitative estimate of drug-likeness (QED) is 0.521. The van der Waals surface area contributed by atoms with E-state index in [-0.39, 0.29) is 35.1 Å². The summed E-state index contributed by atoms with van der Waals surface area (Å²) >= 11 is 0. The first-order chi connectivity index (χ1) is 17.6. The number of alkyl carbamates (subject to hydrolysis) is 2. The molecule has 7 rings (SSSR count). The molecule has 7 unspecified atom stereocenters. The van der Waals surface area contributed by atoms with Crippen molar-refractivity contribution in [3.63, 3.8) is 0 Å². The number of carbonyl (C=O) groups is 2. The van der Waals surface area contributed by atoms with Crippen molar-refractivity contribution in [1.82, 2.24) is 30.2 Å². The molecule has 1 saturated carbocycles. The van der Waals surface area contributed by atoms with Gasteiger partial charge in [-0.25, -0.2) is 9.59 Å². The number of hydrogen-bond acceptors (Lipinski definition) is 8. The number of fused-ring (bicyclic) bond motifs is 6. The van der Waals surface area contributed by atoms with E-state index in [1.165, 1.54) is 0 Å². The zero-order chi connectivity index (χ0) is 26.2. The Labute approximate surface area is 222 Å². The summed E-state index contributed by atoms with van der Waals surface area (Å²) in [6.45, 7) is 20.0. The van der Waals surface area contributed by atoms with E-state index in [2.05, 4.69) is 57.9 Å². The second kappa shape index (κ2) is 10.9. The molecule has 7 atom stereocenters. The second-order valence-electron chi connectivity index (χ2n) is 13.4. The second-order valence-corrected chi connectivity index (χ2v) is 13.4. The van der Waals surface area contributed by atoms with E-state index in [0.717, 1.165) is 78.2 Å². The summed E-state index contributed by atoms with van der Waals surface area (Å²) in [6.07, 6.45) is 2.02. The molecule has 37 heavy (non-hydrogen) atoms. The lowest BCUT2D eigenvalue weighted by Crippen LogP contribution is -2.66. The minimum atomic E-state index is -0.341. The van der Waals surface area contributed by atoms with Gasteiger partial charge in [-0.3, -0.25) is 19.6 Å². The maximum Gasteiger partial charge on any atom is 0.407 e. The van der Waals surface area contributed by atoms with E-state index in [9.17, 15) is 9.59 Å². The first-order valence-corrected chi connectivity index (χ1v) is 14.4. The minimum Gasteiger partial charge on any atom is -0.448 e. The van der Waals surface area contributed by atoms with Crippen LogP contribution in [0.4, 0.5) is 9.59 Å². The van der Waals surface area contributed by atoms with Crippen molar-refractivity contribution in [3.8, 4) is 0 Å². The van der Waals surface area contributed by atoms with Crippen molar-refractivity contribution < 1.29 is 19.1 Å². The van der Waals surface area contributed by atoms with Crippen LogP contribution in [0.2, 0.25) is 0 Å². The molecular weight excluding hydrogens is 472 g/mol. The zero-order valence-electron chi connectivity index (χ0n) is 23.3. The number of piperazine rings is 6. The van der Waals surface area contributed by atoms with E-state index in [1.807, 2.05) is 0 Å². The van der Waals surface area contributed by atoms with Gasteiger partial charge in [0.25, 0.3) is 0 Å². The lowest BCUT2D eigenvalue weighted by molar-refractivity contribution is -0.0472. The number of rotatable bonds is 7. The third kappa shape index (κ3) is 6.69. The highest BCUT2D eigenvalue weighted by molar-refractivity contribution is 5.68. The highest BCUT2D eigenvalue weighted by Gasteiger charge is 2.43. The Bertz CT molecular complexity index is 834. The molecule has 0 spiro atoms. The Morgan fingerprint density at radius 1 is 0.838 bits per heavy atom. The third-order valence-corrected chi connectivity index (χ3v) is 9.33. The van der Waals surface area contributed by atoms with Gasteiger partial charge in [-0.1, -0.05) is 20.8 Å². The van der Waals surface area contributed by atoms with Crippen LogP contribution in [0.1, 0.15) is 47.0 Å². The maximum absolute atomic E-state index is 12.7. The minimum absolute atomic E-state index is 0.0204. The van der Waals surface area contributed by atoms with Crippen LogP contribution in [0.15, 0.2) is 0 Å². The molecule has 2 N–H and O–H groups in total. The van der Waals surface area contributed by atoms with Crippen molar-refractivity contribution in [2.45, 2.75) is 71.1 Å². The maximum atomic E-state index is 12.7. The van der Waals surface area contributed by atoms with Gasteiger partial charge in [0.05, 0.1) is 12.1 Å². The van der Waals surface area contributed by atoms with Crippen LogP contribution in [0.3, 0.4) is 0 Å². The van der Waals surface area contributed by atoms with Crippen LogP contribution in [0, 0.1) is 10.8 Å². The summed E-state index contributed by atoms with van der Waals surface area (Å²) in [5.74, 6) is 0. The molecular formula is C27H48N6O4. The van der Waals surface area contributed by atoms with Crippen molar-refractivity contribution in [3.05, 3.63) is 0 Å². The average Bonchev–Trinajstić information content (AvgIpc) is 2.85. The van der Waals surface area contributed by atoms with Gasteiger partial charge < -0.3 is 20.1 Å². The van der Waals surface area contributed by atoms with E-state index >= 15 is 0 Å². The smallest absolute Gasteiger partial charge is 0.407 e. The Kier molecular flexibility index (Phi) is 7.92. The molecule has 4 bridgehead atoms. The van der Waals surface area contributed by atoms with Gasteiger partial charge in [0.15, 0.2) is 0 Å². The molecule has 0 aromatic rings. The number of ether oxygens (including phenoxy) is 2. The number of nitrogens with one attached hydrogen (secondary N) is 2. The van der Waals surface area contributed by atoms with E-state index in [1.54, 1.807) is 0 Å². The van der Waals surface area contributed by atoms with E-state index in [4.69, 9.17) is 9.47 Å². The molecule has 10 nitrogen and oxygen atoms in total. The predicted molar refractivity (Wildman–Crippen MR) is 142 cm³/mol. The highest BCUT2D eigenvalue weighted by Crippen LogP contribution is 2.45. The van der Waals surface area contributed by atoms with Crippen molar-refractivity contribution in [2.24, 2.45) is 10.8 Å². The number of amides is 2. The van der Waals surface area contributed by atoms with Crippen molar-refractivity contribution in [1.29, 1.82) is 0 Å². The third-order valence-electron chi connectivity index (χ3n) is 9.33. The summed E-state index contributed by atoms with van der Waals surface area (Å²) in [7, 11) is 0. The normalized spacial score (nSPS) is 42.2. The molecule has 6 aliphatic heterocycles. The number of hydrogen-bond donors (Lipinski definition) is 2. The van der Waals surface area contributed by atoms with Crippen LogP contribution in [-0.4, -0.2) is 135 Å². The molecule has 6 heterocycles. The summed E-state index contributed by atoms with van der Waals surface area (Å²) in [5.41, 5.74) is -0.0783. The molecule has 10 heteroatoms. The standard InChI is InChI=1S/C27H48N6O4/c1-20-13-31-7-10-33(20)23(15-31)17-36-24(34)28-19-27(4)12-21(11-26(2,3)18-27)29-25(35)37-16-22-14-30-5-8-32(22)9-6-30/h20-23H,5-19H2,1-4H3,(H,28,34)(H,29,35). The molecule has 210 valence electrons. The SMILES string of the molecule is CC1CN2CCN1C(COC(=O)NCC1(C)CC(NC(=O)OCC3CN4CCN3CC4)CC(C)(C)C1)C2. The van der Waals surface area contributed by atoms with Crippen LogP contribution < -0.4 is 10.6 Å². The fourth-order valence-electron chi connectivity index (χ4n) is 7.95. The van der Waals surface area contributed by atoms with Gasteiger partial charge in [0.2, 0.25) is 0 Å². The summed E-state index contributed by atoms with van der Waals surface area (Å²) in [4.78, 5) is 35.1. The molecule has 7 fully saturated rings. The van der Waals surface area contributed by atoms with Gasteiger partial charge in [-0.15, -0.1) is 0 Å². The number of nitrogens with zero attached hydrogens (tertiary/aromatic N) is 4. The first-order valence-electron chi connectivity index (χ1n) is 14.4. The van der Waals surface area contributed by atoms with Crippen LogP contribution in [0.25, 0.3) is 0 Å². The average molecular weight is 521 g/mol. The zero-order valence-corrected chi connectivity index (χ0v) is 23.3. The predicted octanol–water partition coefficient (Wildman–Crippen LogP) is 1.41. The van der Waals surface area contributed by atoms with E-state index in [0.29, 0.717) is 31.8 Å². The monoisotopic (exact) mass is 520 g/mol.